The first kappa shape index (κ1) is 5.03. The van der Waals surface area contributed by atoms with E-state index < -0.39 is 0 Å². The van der Waals surface area contributed by atoms with Gasteiger partial charge in [0, 0.05) is 6.42 Å². The molecule has 1 nitrogen and oxygen atoms in total. The van der Waals surface area contributed by atoms with Gasteiger partial charge in [-0.25, -0.2) is 0 Å². The second-order valence-corrected chi connectivity index (χ2v) is 3.22. The Labute approximate surface area is 45.9 Å². The zero-order valence-electron chi connectivity index (χ0n) is 4.24. The summed E-state index contributed by atoms with van der Waals surface area (Å²) < 4.78 is 0. The molecule has 0 spiro atoms. The summed E-state index contributed by atoms with van der Waals surface area (Å²) in [6.45, 7) is 0. The molecule has 0 aromatic rings. The lowest BCUT2D eigenvalue weighted by molar-refractivity contribution is -0.112. The molecule has 7 heavy (non-hydrogen) atoms. The van der Waals surface area contributed by atoms with Gasteiger partial charge in [-0.15, -0.1) is 0 Å². The average Bonchev–Trinajstić information content (AvgIpc) is 1.69. The standard InChI is InChI=1S/C5H8OSi/c6-5-3-1-2-4-7-5/h1-4H2. The summed E-state index contributed by atoms with van der Waals surface area (Å²) in [5.41, 5.74) is 0. The van der Waals surface area contributed by atoms with Crippen molar-refractivity contribution in [2.45, 2.75) is 25.3 Å². The summed E-state index contributed by atoms with van der Waals surface area (Å²) in [6.07, 6.45) is 3.29. The first-order chi connectivity index (χ1) is 3.39. The SMILES string of the molecule is O=C1CCCC[Si]1. The second-order valence-electron chi connectivity index (χ2n) is 1.81. The molecule has 1 rings (SSSR count). The van der Waals surface area contributed by atoms with Crippen molar-refractivity contribution in [1.29, 1.82) is 0 Å². The molecule has 0 N–H and O–H groups in total. The molecular weight excluding hydrogens is 104 g/mol. The van der Waals surface area contributed by atoms with Gasteiger partial charge in [-0.1, -0.05) is 12.5 Å². The lowest BCUT2D eigenvalue weighted by atomic mass is 10.3. The third-order valence-corrected chi connectivity index (χ3v) is 2.40. The Hall–Kier alpha value is -0.113. The molecule has 0 aromatic heterocycles. The van der Waals surface area contributed by atoms with Crippen molar-refractivity contribution in [2.75, 3.05) is 0 Å². The summed E-state index contributed by atoms with van der Waals surface area (Å²) in [6, 6.07) is 1.17. The molecule has 1 aliphatic heterocycles. The third-order valence-electron chi connectivity index (χ3n) is 1.15. The minimum atomic E-state index is 0.492. The maximum Gasteiger partial charge on any atom is 0.132 e. The Bertz CT molecular complexity index is 72.1. The van der Waals surface area contributed by atoms with Crippen LogP contribution in [0.25, 0.3) is 0 Å². The molecule has 1 saturated heterocycles. The fraction of sp³-hybridized carbons (Fsp3) is 0.800. The summed E-state index contributed by atoms with van der Waals surface area (Å²) >= 11 is 0. The van der Waals surface area contributed by atoms with Crippen LogP contribution in [0.5, 0.6) is 0 Å². The van der Waals surface area contributed by atoms with Gasteiger partial charge in [0.2, 0.25) is 0 Å². The Kier molecular flexibility index (Phi) is 1.62. The predicted octanol–water partition coefficient (Wildman–Crippen LogP) is 0.819. The van der Waals surface area contributed by atoms with Crippen LogP contribution in [0.1, 0.15) is 19.3 Å². The highest BCUT2D eigenvalue weighted by atomic mass is 28.2. The van der Waals surface area contributed by atoms with Crippen molar-refractivity contribution in [3.05, 3.63) is 0 Å². The van der Waals surface area contributed by atoms with E-state index in [1.54, 1.807) is 0 Å². The van der Waals surface area contributed by atoms with E-state index in [1.165, 1.54) is 12.5 Å². The lowest BCUT2D eigenvalue weighted by Crippen LogP contribution is -2.12. The zero-order valence-corrected chi connectivity index (χ0v) is 5.24. The molecule has 2 heteroatoms. The molecule has 0 aromatic carbocycles. The van der Waals surface area contributed by atoms with E-state index in [1.807, 2.05) is 0 Å². The molecule has 1 fully saturated rings. The Balaban J connectivity index is 2.25. The van der Waals surface area contributed by atoms with Crippen LogP contribution in [-0.2, 0) is 4.79 Å². The molecule has 0 amide bonds. The summed E-state index contributed by atoms with van der Waals surface area (Å²) in [4.78, 5) is 10.5. The molecule has 0 aliphatic carbocycles. The minimum Gasteiger partial charge on any atom is -0.306 e. The largest absolute Gasteiger partial charge is 0.306 e. The first-order valence-corrected chi connectivity index (χ1v) is 3.87. The number of carbonyl (C=O) groups is 1. The van der Waals surface area contributed by atoms with E-state index >= 15 is 0 Å². The molecule has 1 heterocycles. The molecule has 0 saturated carbocycles. The maximum absolute atomic E-state index is 10.5. The quantitative estimate of drug-likeness (QED) is 0.424. The molecule has 38 valence electrons. The lowest BCUT2D eigenvalue weighted by Gasteiger charge is -2.04. The van der Waals surface area contributed by atoms with Gasteiger partial charge in [-0.2, -0.15) is 0 Å². The minimum absolute atomic E-state index is 0.492. The number of carbonyl (C=O) groups excluding carboxylic acids is 1. The van der Waals surface area contributed by atoms with Crippen LogP contribution in [0.3, 0.4) is 0 Å². The number of hydrogen-bond acceptors (Lipinski definition) is 1. The van der Waals surface area contributed by atoms with E-state index in [0.29, 0.717) is 14.9 Å². The van der Waals surface area contributed by atoms with Crippen LogP contribution < -0.4 is 0 Å². The predicted molar refractivity (Wildman–Crippen MR) is 29.4 cm³/mol. The Morgan fingerprint density at radius 1 is 1.43 bits per heavy atom. The Morgan fingerprint density at radius 3 is 2.57 bits per heavy atom. The second kappa shape index (κ2) is 2.26. The Morgan fingerprint density at radius 2 is 2.29 bits per heavy atom. The summed E-state index contributed by atoms with van der Waals surface area (Å²) in [7, 11) is 0.637. The fourth-order valence-electron chi connectivity index (χ4n) is 0.727. The van der Waals surface area contributed by atoms with Gasteiger partial charge in [-0.05, 0) is 6.42 Å². The smallest absolute Gasteiger partial charge is 0.132 e. The van der Waals surface area contributed by atoms with Crippen molar-refractivity contribution in [3.63, 3.8) is 0 Å². The van der Waals surface area contributed by atoms with Crippen molar-refractivity contribution in [1.82, 2.24) is 0 Å². The summed E-state index contributed by atoms with van der Waals surface area (Å²) in [5, 5.41) is 0.492. The van der Waals surface area contributed by atoms with Crippen LogP contribution >= 0.6 is 0 Å². The van der Waals surface area contributed by atoms with Crippen molar-refractivity contribution >= 4 is 14.9 Å². The highest BCUT2D eigenvalue weighted by molar-refractivity contribution is 6.74. The molecule has 1 aliphatic rings. The fourth-order valence-corrected chi connectivity index (χ4v) is 1.79. The highest BCUT2D eigenvalue weighted by Gasteiger charge is 2.07. The molecule has 0 atom stereocenters. The monoisotopic (exact) mass is 112 g/mol. The van der Waals surface area contributed by atoms with Gasteiger partial charge < -0.3 is 4.79 Å². The molecular formula is C5H8OSi. The molecule has 0 unspecified atom stereocenters. The normalized spacial score (nSPS) is 22.6. The van der Waals surface area contributed by atoms with E-state index in [9.17, 15) is 4.79 Å². The van der Waals surface area contributed by atoms with Crippen LogP contribution in [-0.4, -0.2) is 14.9 Å². The van der Waals surface area contributed by atoms with Crippen molar-refractivity contribution in [3.8, 4) is 0 Å². The number of hydrogen-bond donors (Lipinski definition) is 0. The van der Waals surface area contributed by atoms with Gasteiger partial charge >= 0.3 is 0 Å². The van der Waals surface area contributed by atoms with Gasteiger partial charge in [0.05, 0.1) is 0 Å². The van der Waals surface area contributed by atoms with Crippen LogP contribution in [0.2, 0.25) is 6.04 Å². The van der Waals surface area contributed by atoms with Gasteiger partial charge in [0.15, 0.2) is 0 Å². The summed E-state index contributed by atoms with van der Waals surface area (Å²) in [5.74, 6) is 0. The van der Waals surface area contributed by atoms with Crippen molar-refractivity contribution in [2.24, 2.45) is 0 Å². The van der Waals surface area contributed by atoms with E-state index in [-0.39, 0.29) is 0 Å². The van der Waals surface area contributed by atoms with E-state index in [0.717, 1.165) is 12.8 Å². The van der Waals surface area contributed by atoms with Crippen molar-refractivity contribution < 1.29 is 4.79 Å². The highest BCUT2D eigenvalue weighted by Crippen LogP contribution is 2.06. The first-order valence-electron chi connectivity index (χ1n) is 2.66. The van der Waals surface area contributed by atoms with E-state index in [2.05, 4.69) is 0 Å². The average molecular weight is 112 g/mol. The molecule has 2 radical (unpaired) electrons. The van der Waals surface area contributed by atoms with E-state index in [4.69, 9.17) is 0 Å². The van der Waals surface area contributed by atoms with Gasteiger partial charge in [0.25, 0.3) is 0 Å². The molecule has 0 bridgehead atoms. The topological polar surface area (TPSA) is 17.1 Å². The van der Waals surface area contributed by atoms with Gasteiger partial charge in [0.1, 0.15) is 14.9 Å². The van der Waals surface area contributed by atoms with Crippen LogP contribution in [0, 0.1) is 0 Å². The maximum atomic E-state index is 10.5. The number of rotatable bonds is 0. The van der Waals surface area contributed by atoms with Gasteiger partial charge in [-0.3, -0.25) is 0 Å². The van der Waals surface area contributed by atoms with Crippen LogP contribution in [0.15, 0.2) is 0 Å². The zero-order chi connectivity index (χ0) is 5.11. The third kappa shape index (κ3) is 1.43. The van der Waals surface area contributed by atoms with Crippen LogP contribution in [0.4, 0.5) is 0 Å².